The lowest BCUT2D eigenvalue weighted by molar-refractivity contribution is 0.406. The summed E-state index contributed by atoms with van der Waals surface area (Å²) >= 11 is 0. The number of rotatable bonds is 6. The lowest BCUT2D eigenvalue weighted by Crippen LogP contribution is -2.20. The van der Waals surface area contributed by atoms with E-state index in [9.17, 15) is 0 Å². The minimum absolute atomic E-state index is 0.772. The van der Waals surface area contributed by atoms with Crippen molar-refractivity contribution >= 4 is 0 Å². The van der Waals surface area contributed by atoms with E-state index in [0.717, 1.165) is 31.3 Å². The predicted molar refractivity (Wildman–Crippen MR) is 59.2 cm³/mol. The molecule has 0 spiro atoms. The van der Waals surface area contributed by atoms with E-state index in [1.807, 2.05) is 4.68 Å². The molecule has 1 fully saturated rings. The third-order valence-corrected chi connectivity index (χ3v) is 2.80. The number of nitrogens with one attached hydrogen (secondary N) is 1. The fourth-order valence-electron chi connectivity index (χ4n) is 1.77. The summed E-state index contributed by atoms with van der Waals surface area (Å²) in [7, 11) is 1.70. The standard InChI is InChI=1S/C11H19N3O/c1-3-14-10(11(15-2)8-13-14)6-7-12-9-4-5-9/h8-9,12H,3-7H2,1-2H3. The van der Waals surface area contributed by atoms with Crippen LogP contribution in [0, 0.1) is 0 Å². The third kappa shape index (κ3) is 2.50. The summed E-state index contributed by atoms with van der Waals surface area (Å²) < 4.78 is 7.30. The van der Waals surface area contributed by atoms with Crippen molar-refractivity contribution in [2.24, 2.45) is 0 Å². The fourth-order valence-corrected chi connectivity index (χ4v) is 1.77. The maximum absolute atomic E-state index is 5.29. The molecule has 0 amide bonds. The second-order valence-electron chi connectivity index (χ2n) is 3.95. The molecule has 0 radical (unpaired) electrons. The van der Waals surface area contributed by atoms with Gasteiger partial charge in [0, 0.05) is 25.6 Å². The van der Waals surface area contributed by atoms with Gasteiger partial charge in [0.25, 0.3) is 0 Å². The maximum Gasteiger partial charge on any atom is 0.159 e. The predicted octanol–water partition coefficient (Wildman–Crippen LogP) is 1.21. The molecule has 1 aromatic heterocycles. The Hall–Kier alpha value is -1.03. The molecule has 1 aromatic rings. The van der Waals surface area contributed by atoms with E-state index in [0.29, 0.717) is 0 Å². The Morgan fingerprint density at radius 2 is 2.40 bits per heavy atom. The molecular formula is C11H19N3O. The van der Waals surface area contributed by atoms with Gasteiger partial charge in [0.15, 0.2) is 5.75 Å². The van der Waals surface area contributed by atoms with Crippen molar-refractivity contribution in [3.05, 3.63) is 11.9 Å². The maximum atomic E-state index is 5.29. The summed E-state index contributed by atoms with van der Waals surface area (Å²) in [5.41, 5.74) is 1.20. The highest BCUT2D eigenvalue weighted by Gasteiger charge is 2.20. The molecule has 1 heterocycles. The third-order valence-electron chi connectivity index (χ3n) is 2.80. The Bertz CT molecular complexity index is 296. The first kappa shape index (κ1) is 10.5. The van der Waals surface area contributed by atoms with Gasteiger partial charge in [-0.1, -0.05) is 0 Å². The lowest BCUT2D eigenvalue weighted by atomic mass is 10.3. The lowest BCUT2D eigenvalue weighted by Gasteiger charge is -2.07. The number of hydrogen-bond acceptors (Lipinski definition) is 3. The normalized spacial score (nSPS) is 15.6. The molecule has 0 unspecified atom stereocenters. The minimum Gasteiger partial charge on any atom is -0.493 e. The first-order valence-corrected chi connectivity index (χ1v) is 5.67. The van der Waals surface area contributed by atoms with Gasteiger partial charge in [-0.15, -0.1) is 0 Å². The number of methoxy groups -OCH3 is 1. The van der Waals surface area contributed by atoms with Crippen molar-refractivity contribution in [3.8, 4) is 5.75 Å². The molecule has 4 nitrogen and oxygen atoms in total. The second kappa shape index (κ2) is 4.66. The molecular weight excluding hydrogens is 190 g/mol. The summed E-state index contributed by atoms with van der Waals surface area (Å²) in [6, 6.07) is 0.772. The van der Waals surface area contributed by atoms with Crippen LogP contribution in [0.5, 0.6) is 5.75 Å². The Morgan fingerprint density at radius 3 is 3.00 bits per heavy atom. The highest BCUT2D eigenvalue weighted by Crippen LogP contribution is 2.20. The molecule has 0 aliphatic heterocycles. The van der Waals surface area contributed by atoms with Crippen molar-refractivity contribution in [1.82, 2.24) is 15.1 Å². The van der Waals surface area contributed by atoms with Gasteiger partial charge in [-0.25, -0.2) is 0 Å². The molecule has 2 rings (SSSR count). The van der Waals surface area contributed by atoms with E-state index in [4.69, 9.17) is 4.74 Å². The van der Waals surface area contributed by atoms with Crippen LogP contribution in [0.15, 0.2) is 6.20 Å². The molecule has 0 bridgehead atoms. The van der Waals surface area contributed by atoms with Crippen LogP contribution < -0.4 is 10.1 Å². The van der Waals surface area contributed by atoms with Gasteiger partial charge < -0.3 is 10.1 Å². The highest BCUT2D eigenvalue weighted by atomic mass is 16.5. The Kier molecular flexibility index (Phi) is 3.26. The molecule has 0 aromatic carbocycles. The summed E-state index contributed by atoms with van der Waals surface area (Å²) in [5, 5.41) is 7.78. The average molecular weight is 209 g/mol. The molecule has 1 aliphatic carbocycles. The zero-order chi connectivity index (χ0) is 10.7. The van der Waals surface area contributed by atoms with Crippen LogP contribution in [-0.4, -0.2) is 29.5 Å². The first-order chi connectivity index (χ1) is 7.35. The van der Waals surface area contributed by atoms with E-state index in [2.05, 4.69) is 17.3 Å². The van der Waals surface area contributed by atoms with Crippen LogP contribution in [-0.2, 0) is 13.0 Å². The molecule has 4 heteroatoms. The molecule has 1 N–H and O–H groups in total. The van der Waals surface area contributed by atoms with Crippen molar-refractivity contribution in [3.63, 3.8) is 0 Å². The van der Waals surface area contributed by atoms with Crippen LogP contribution in [0.3, 0.4) is 0 Å². The molecule has 1 aliphatic rings. The van der Waals surface area contributed by atoms with Gasteiger partial charge in [-0.05, 0) is 19.8 Å². The topological polar surface area (TPSA) is 39.1 Å². The molecule has 1 saturated carbocycles. The number of aryl methyl sites for hydroxylation is 1. The molecule has 0 atom stereocenters. The first-order valence-electron chi connectivity index (χ1n) is 5.67. The number of hydrogen-bond donors (Lipinski definition) is 1. The van der Waals surface area contributed by atoms with E-state index >= 15 is 0 Å². The Morgan fingerprint density at radius 1 is 1.60 bits per heavy atom. The largest absolute Gasteiger partial charge is 0.493 e. The van der Waals surface area contributed by atoms with E-state index < -0.39 is 0 Å². The average Bonchev–Trinajstić information content (AvgIpc) is 2.98. The van der Waals surface area contributed by atoms with Gasteiger partial charge >= 0.3 is 0 Å². The Balaban J connectivity index is 1.93. The van der Waals surface area contributed by atoms with Crippen molar-refractivity contribution in [1.29, 1.82) is 0 Å². The van der Waals surface area contributed by atoms with Gasteiger partial charge in [0.2, 0.25) is 0 Å². The zero-order valence-corrected chi connectivity index (χ0v) is 9.49. The summed E-state index contributed by atoms with van der Waals surface area (Å²) in [6.07, 6.45) is 5.47. The summed E-state index contributed by atoms with van der Waals surface area (Å²) in [6.45, 7) is 4.03. The minimum atomic E-state index is 0.772. The zero-order valence-electron chi connectivity index (χ0n) is 9.49. The van der Waals surface area contributed by atoms with Crippen molar-refractivity contribution < 1.29 is 4.74 Å². The van der Waals surface area contributed by atoms with Gasteiger partial charge in [-0.2, -0.15) is 5.10 Å². The monoisotopic (exact) mass is 209 g/mol. The van der Waals surface area contributed by atoms with Gasteiger partial charge in [-0.3, -0.25) is 4.68 Å². The smallest absolute Gasteiger partial charge is 0.159 e. The van der Waals surface area contributed by atoms with Gasteiger partial charge in [0.1, 0.15) is 0 Å². The van der Waals surface area contributed by atoms with E-state index in [1.54, 1.807) is 13.3 Å². The highest BCUT2D eigenvalue weighted by molar-refractivity contribution is 5.25. The fraction of sp³-hybridized carbons (Fsp3) is 0.727. The summed E-state index contributed by atoms with van der Waals surface area (Å²) in [5.74, 6) is 0.912. The SMILES string of the molecule is CCn1ncc(OC)c1CCNC1CC1. The van der Waals surface area contributed by atoms with Crippen LogP contribution >= 0.6 is 0 Å². The van der Waals surface area contributed by atoms with Crippen molar-refractivity contribution in [2.75, 3.05) is 13.7 Å². The van der Waals surface area contributed by atoms with Gasteiger partial charge in [0.05, 0.1) is 19.0 Å². The quantitative estimate of drug-likeness (QED) is 0.765. The second-order valence-corrected chi connectivity index (χ2v) is 3.95. The van der Waals surface area contributed by atoms with Crippen LogP contribution in [0.1, 0.15) is 25.5 Å². The Labute approximate surface area is 90.6 Å². The molecule has 84 valence electrons. The van der Waals surface area contributed by atoms with E-state index in [-0.39, 0.29) is 0 Å². The van der Waals surface area contributed by atoms with E-state index in [1.165, 1.54) is 18.5 Å². The van der Waals surface area contributed by atoms with Crippen LogP contribution in [0.25, 0.3) is 0 Å². The number of aromatic nitrogens is 2. The number of nitrogens with zero attached hydrogens (tertiary/aromatic N) is 2. The van der Waals surface area contributed by atoms with Crippen LogP contribution in [0.2, 0.25) is 0 Å². The van der Waals surface area contributed by atoms with Crippen LogP contribution in [0.4, 0.5) is 0 Å². The molecule has 15 heavy (non-hydrogen) atoms. The molecule has 0 saturated heterocycles. The number of ether oxygens (including phenoxy) is 1. The van der Waals surface area contributed by atoms with Crippen molar-refractivity contribution in [2.45, 2.75) is 38.8 Å². The summed E-state index contributed by atoms with van der Waals surface area (Å²) in [4.78, 5) is 0.